The van der Waals surface area contributed by atoms with Crippen LogP contribution in [0, 0.1) is 5.41 Å². The van der Waals surface area contributed by atoms with Crippen LogP contribution in [0.5, 0.6) is 0 Å². The maximum Gasteiger partial charge on any atom is 0.494 e. The van der Waals surface area contributed by atoms with Gasteiger partial charge in [-0.05, 0) is 58.0 Å². The van der Waals surface area contributed by atoms with E-state index in [1.54, 1.807) is 0 Å². The lowest BCUT2D eigenvalue weighted by molar-refractivity contribution is 0.00578. The van der Waals surface area contributed by atoms with Crippen LogP contribution in [0.25, 0.3) is 0 Å². The highest BCUT2D eigenvalue weighted by Gasteiger charge is 2.55. The number of benzene rings is 1. The first kappa shape index (κ1) is 13.5. The number of hydrogen-bond donors (Lipinski definition) is 0. The number of carbonyl (C=O) groups is 1. The molecular formula is C17H21BO3. The second-order valence-corrected chi connectivity index (χ2v) is 7.79. The summed E-state index contributed by atoms with van der Waals surface area (Å²) in [6, 6.07) is 6.13. The number of carbonyl (C=O) groups excluding carboxylic acids is 1. The number of hydrogen-bond acceptors (Lipinski definition) is 3. The lowest BCUT2D eigenvalue weighted by Gasteiger charge is -2.32. The molecule has 4 heteroatoms. The molecule has 0 unspecified atom stereocenters. The summed E-state index contributed by atoms with van der Waals surface area (Å²) in [5, 5.41) is 0. The molecule has 1 aliphatic heterocycles. The normalized spacial score (nSPS) is 27.2. The van der Waals surface area contributed by atoms with Gasteiger partial charge in [-0.15, -0.1) is 0 Å². The molecule has 0 bridgehead atoms. The molecule has 2 fully saturated rings. The molecule has 1 saturated heterocycles. The van der Waals surface area contributed by atoms with Crippen molar-refractivity contribution in [3.05, 3.63) is 29.3 Å². The van der Waals surface area contributed by atoms with E-state index in [1.807, 2.05) is 33.8 Å². The van der Waals surface area contributed by atoms with Gasteiger partial charge in [0, 0.05) is 11.0 Å². The second kappa shape index (κ2) is 3.79. The van der Waals surface area contributed by atoms with E-state index in [1.165, 1.54) is 5.56 Å². The summed E-state index contributed by atoms with van der Waals surface area (Å²) < 4.78 is 12.2. The van der Waals surface area contributed by atoms with Crippen molar-refractivity contribution in [2.24, 2.45) is 5.41 Å². The van der Waals surface area contributed by atoms with Crippen molar-refractivity contribution in [1.29, 1.82) is 0 Å². The Kier molecular flexibility index (Phi) is 2.44. The average molecular weight is 284 g/mol. The monoisotopic (exact) mass is 284 g/mol. The van der Waals surface area contributed by atoms with Crippen molar-refractivity contribution in [2.45, 2.75) is 58.2 Å². The summed E-state index contributed by atoms with van der Waals surface area (Å²) in [6.45, 7) is 8.19. The Morgan fingerprint density at radius 3 is 2.24 bits per heavy atom. The van der Waals surface area contributed by atoms with E-state index in [9.17, 15) is 4.79 Å². The Morgan fingerprint density at radius 2 is 1.67 bits per heavy atom. The van der Waals surface area contributed by atoms with Gasteiger partial charge in [0.2, 0.25) is 0 Å². The van der Waals surface area contributed by atoms with Crippen molar-refractivity contribution in [3.63, 3.8) is 0 Å². The molecule has 4 rings (SSSR count). The molecule has 0 radical (unpaired) electrons. The summed E-state index contributed by atoms with van der Waals surface area (Å²) in [5.41, 5.74) is 2.30. The Labute approximate surface area is 126 Å². The van der Waals surface area contributed by atoms with Gasteiger partial charge in [0.25, 0.3) is 0 Å². The minimum absolute atomic E-state index is 0.0448. The third-order valence-corrected chi connectivity index (χ3v) is 5.77. The lowest BCUT2D eigenvalue weighted by atomic mass is 9.78. The molecule has 21 heavy (non-hydrogen) atoms. The SMILES string of the molecule is CC1(C)OB(c2ccc3c(c2)C(=O)C2(CC2)C3)OC1(C)C. The van der Waals surface area contributed by atoms with Gasteiger partial charge in [0.05, 0.1) is 11.2 Å². The fourth-order valence-corrected chi connectivity index (χ4v) is 3.37. The minimum Gasteiger partial charge on any atom is -0.399 e. The zero-order chi connectivity index (χ0) is 15.0. The maximum atomic E-state index is 12.5. The van der Waals surface area contributed by atoms with E-state index in [4.69, 9.17) is 9.31 Å². The van der Waals surface area contributed by atoms with E-state index in [0.29, 0.717) is 5.78 Å². The van der Waals surface area contributed by atoms with Crippen LogP contribution in [0.15, 0.2) is 18.2 Å². The van der Waals surface area contributed by atoms with Gasteiger partial charge in [-0.2, -0.15) is 0 Å². The summed E-state index contributed by atoms with van der Waals surface area (Å²) in [4.78, 5) is 12.5. The fraction of sp³-hybridized carbons (Fsp3) is 0.588. The first-order valence-corrected chi connectivity index (χ1v) is 7.77. The van der Waals surface area contributed by atoms with E-state index in [2.05, 4.69) is 12.1 Å². The van der Waals surface area contributed by atoms with Gasteiger partial charge in [-0.25, -0.2) is 0 Å². The topological polar surface area (TPSA) is 35.5 Å². The molecule has 0 amide bonds. The third-order valence-electron chi connectivity index (χ3n) is 5.77. The van der Waals surface area contributed by atoms with Crippen LogP contribution in [0.1, 0.15) is 56.5 Å². The van der Waals surface area contributed by atoms with Crippen LogP contribution in [-0.2, 0) is 15.7 Å². The number of ketones is 1. The largest absolute Gasteiger partial charge is 0.494 e. The van der Waals surface area contributed by atoms with E-state index >= 15 is 0 Å². The van der Waals surface area contributed by atoms with E-state index < -0.39 is 0 Å². The molecule has 0 atom stereocenters. The minimum atomic E-state index is -0.385. The molecule has 0 N–H and O–H groups in total. The Morgan fingerprint density at radius 1 is 1.05 bits per heavy atom. The number of Topliss-reactive ketones (excluding diaryl/α,β-unsaturated/α-hetero) is 1. The van der Waals surface area contributed by atoms with Crippen LogP contribution < -0.4 is 5.46 Å². The first-order chi connectivity index (χ1) is 9.74. The van der Waals surface area contributed by atoms with Gasteiger partial charge in [-0.3, -0.25) is 4.79 Å². The first-order valence-electron chi connectivity index (χ1n) is 7.77. The van der Waals surface area contributed by atoms with Gasteiger partial charge in [0.1, 0.15) is 0 Å². The number of rotatable bonds is 1. The van der Waals surface area contributed by atoms with Gasteiger partial charge in [-0.1, -0.05) is 18.2 Å². The molecule has 1 heterocycles. The van der Waals surface area contributed by atoms with Crippen molar-refractivity contribution in [2.75, 3.05) is 0 Å². The van der Waals surface area contributed by atoms with Crippen molar-refractivity contribution < 1.29 is 14.1 Å². The molecule has 3 aliphatic rings. The molecule has 1 spiro atoms. The summed E-state index contributed by atoms with van der Waals surface area (Å²) in [6.07, 6.45) is 3.02. The standard InChI is InChI=1S/C17H21BO3/c1-15(2)16(3,4)21-18(20-15)12-6-5-11-10-17(7-8-17)14(19)13(11)9-12/h5-6,9H,7-8,10H2,1-4H3. The molecule has 1 saturated carbocycles. The third kappa shape index (κ3) is 1.78. The molecule has 1 aromatic rings. The lowest BCUT2D eigenvalue weighted by Crippen LogP contribution is -2.41. The van der Waals surface area contributed by atoms with Crippen molar-refractivity contribution in [3.8, 4) is 0 Å². The van der Waals surface area contributed by atoms with Crippen LogP contribution in [0.3, 0.4) is 0 Å². The summed E-state index contributed by atoms with van der Waals surface area (Å²) in [5.74, 6) is 0.330. The summed E-state index contributed by atoms with van der Waals surface area (Å²) >= 11 is 0. The fourth-order valence-electron chi connectivity index (χ4n) is 3.37. The highest BCUT2D eigenvalue weighted by atomic mass is 16.7. The van der Waals surface area contributed by atoms with Crippen LogP contribution in [0.4, 0.5) is 0 Å². The Balaban J connectivity index is 1.67. The molecule has 3 nitrogen and oxygen atoms in total. The zero-order valence-corrected chi connectivity index (χ0v) is 13.2. The number of fused-ring (bicyclic) bond motifs is 1. The smallest absolute Gasteiger partial charge is 0.399 e. The second-order valence-electron chi connectivity index (χ2n) is 7.79. The van der Waals surface area contributed by atoms with Crippen LogP contribution in [0.2, 0.25) is 0 Å². The predicted molar refractivity (Wildman–Crippen MR) is 81.9 cm³/mol. The van der Waals surface area contributed by atoms with Gasteiger partial charge in [0.15, 0.2) is 5.78 Å². The summed E-state index contributed by atoms with van der Waals surface area (Å²) in [7, 11) is -0.385. The van der Waals surface area contributed by atoms with Crippen LogP contribution in [-0.4, -0.2) is 24.1 Å². The predicted octanol–water partition coefficient (Wildman–Crippen LogP) is 2.50. The van der Waals surface area contributed by atoms with E-state index in [-0.39, 0.29) is 23.7 Å². The highest BCUT2D eigenvalue weighted by molar-refractivity contribution is 6.62. The zero-order valence-electron chi connectivity index (χ0n) is 13.2. The Hall–Kier alpha value is -1.13. The molecule has 0 aromatic heterocycles. The molecular weight excluding hydrogens is 263 g/mol. The molecule has 2 aliphatic carbocycles. The average Bonchev–Trinajstić information content (AvgIpc) is 3.06. The quantitative estimate of drug-likeness (QED) is 0.743. The molecule has 1 aromatic carbocycles. The Bertz CT molecular complexity index is 627. The molecule has 110 valence electrons. The van der Waals surface area contributed by atoms with Gasteiger partial charge >= 0.3 is 7.12 Å². The van der Waals surface area contributed by atoms with E-state index in [0.717, 1.165) is 30.3 Å². The van der Waals surface area contributed by atoms with Crippen molar-refractivity contribution in [1.82, 2.24) is 0 Å². The highest BCUT2D eigenvalue weighted by Crippen LogP contribution is 2.55. The maximum absolute atomic E-state index is 12.5. The van der Waals surface area contributed by atoms with Gasteiger partial charge < -0.3 is 9.31 Å². The van der Waals surface area contributed by atoms with Crippen LogP contribution >= 0.6 is 0 Å². The van der Waals surface area contributed by atoms with Crippen molar-refractivity contribution >= 4 is 18.4 Å².